The minimum Gasteiger partial charge on any atom is -0.488 e. The fraction of sp³-hybridized carbons (Fsp3) is 0.222. The number of fused-ring (bicyclic) bond motifs is 1. The molecule has 6 heteroatoms. The first kappa shape index (κ1) is 16.3. The van der Waals surface area contributed by atoms with Crippen LogP contribution in [0, 0.1) is 0 Å². The second kappa shape index (κ2) is 7.31. The van der Waals surface area contributed by atoms with E-state index in [4.69, 9.17) is 9.47 Å². The van der Waals surface area contributed by atoms with Crippen LogP contribution in [0.1, 0.15) is 23.4 Å². The summed E-state index contributed by atoms with van der Waals surface area (Å²) in [6, 6.07) is 11.2. The fourth-order valence-electron chi connectivity index (χ4n) is 2.35. The van der Waals surface area contributed by atoms with Gasteiger partial charge in [0.15, 0.2) is 6.61 Å². The van der Waals surface area contributed by atoms with Crippen molar-refractivity contribution >= 4 is 29.3 Å². The third-order valence-electron chi connectivity index (χ3n) is 3.58. The number of thiophene rings is 1. The first-order valence-corrected chi connectivity index (χ1v) is 8.44. The van der Waals surface area contributed by atoms with Gasteiger partial charge in [0.1, 0.15) is 12.4 Å². The van der Waals surface area contributed by atoms with Gasteiger partial charge in [-0.25, -0.2) is 4.79 Å². The van der Waals surface area contributed by atoms with Crippen molar-refractivity contribution in [3.05, 3.63) is 57.8 Å². The Labute approximate surface area is 143 Å². The van der Waals surface area contributed by atoms with Gasteiger partial charge in [-0.15, -0.1) is 11.3 Å². The lowest BCUT2D eigenvalue weighted by molar-refractivity contribution is -0.145. The quantitative estimate of drug-likeness (QED) is 0.848. The number of para-hydroxylation sites is 1. The Bertz CT molecular complexity index is 767. The van der Waals surface area contributed by atoms with Crippen molar-refractivity contribution < 1.29 is 19.1 Å². The van der Waals surface area contributed by atoms with Gasteiger partial charge < -0.3 is 14.8 Å². The van der Waals surface area contributed by atoms with Crippen LogP contribution in [0.2, 0.25) is 0 Å². The van der Waals surface area contributed by atoms with E-state index in [1.165, 1.54) is 0 Å². The van der Waals surface area contributed by atoms with E-state index in [1.54, 1.807) is 17.4 Å². The predicted molar refractivity (Wildman–Crippen MR) is 91.7 cm³/mol. The molecule has 0 unspecified atom stereocenters. The highest BCUT2D eigenvalue weighted by molar-refractivity contribution is 7.10. The average molecular weight is 343 g/mol. The zero-order valence-electron chi connectivity index (χ0n) is 13.2. The summed E-state index contributed by atoms with van der Waals surface area (Å²) in [5.41, 5.74) is 1.22. The number of hydrogen-bond acceptors (Lipinski definition) is 5. The first-order valence-electron chi connectivity index (χ1n) is 7.56. The van der Waals surface area contributed by atoms with E-state index >= 15 is 0 Å². The zero-order chi connectivity index (χ0) is 16.9. The van der Waals surface area contributed by atoms with Gasteiger partial charge in [0.2, 0.25) is 0 Å². The van der Waals surface area contributed by atoms with E-state index in [9.17, 15) is 9.59 Å². The molecule has 1 aromatic heterocycles. The van der Waals surface area contributed by atoms with Gasteiger partial charge in [-0.3, -0.25) is 4.79 Å². The summed E-state index contributed by atoms with van der Waals surface area (Å²) in [7, 11) is 0. The molecule has 1 N–H and O–H groups in total. The van der Waals surface area contributed by atoms with E-state index in [1.807, 2.05) is 48.7 Å². The molecule has 0 spiro atoms. The van der Waals surface area contributed by atoms with E-state index in [-0.39, 0.29) is 25.2 Å². The van der Waals surface area contributed by atoms with Crippen molar-refractivity contribution in [2.45, 2.75) is 13.0 Å². The van der Waals surface area contributed by atoms with Crippen molar-refractivity contribution in [3.63, 3.8) is 0 Å². The SMILES string of the molecule is C[C@@H](NC(=O)COC(=O)C1=Cc2ccccc2OC1)c1cccs1. The molecule has 2 heterocycles. The summed E-state index contributed by atoms with van der Waals surface area (Å²) in [6.07, 6.45) is 1.73. The molecule has 1 amide bonds. The molecule has 1 atom stereocenters. The van der Waals surface area contributed by atoms with E-state index in [0.29, 0.717) is 5.57 Å². The minimum absolute atomic E-state index is 0.111. The van der Waals surface area contributed by atoms with Crippen molar-refractivity contribution in [1.82, 2.24) is 5.32 Å². The summed E-state index contributed by atoms with van der Waals surface area (Å²) in [5.74, 6) is -0.137. The lowest BCUT2D eigenvalue weighted by atomic mass is 10.1. The highest BCUT2D eigenvalue weighted by Crippen LogP contribution is 2.26. The Morgan fingerprint density at radius 3 is 2.92 bits per heavy atom. The minimum atomic E-state index is -0.538. The van der Waals surface area contributed by atoms with Crippen LogP contribution in [0.5, 0.6) is 5.75 Å². The van der Waals surface area contributed by atoms with Crippen molar-refractivity contribution in [2.24, 2.45) is 0 Å². The van der Waals surface area contributed by atoms with Crippen LogP contribution in [0.15, 0.2) is 47.4 Å². The number of carbonyl (C=O) groups is 2. The summed E-state index contributed by atoms with van der Waals surface area (Å²) in [4.78, 5) is 25.0. The molecule has 24 heavy (non-hydrogen) atoms. The van der Waals surface area contributed by atoms with Gasteiger partial charge in [-0.2, -0.15) is 0 Å². The lowest BCUT2D eigenvalue weighted by Crippen LogP contribution is -2.31. The highest BCUT2D eigenvalue weighted by Gasteiger charge is 2.19. The molecule has 1 aliphatic rings. The monoisotopic (exact) mass is 343 g/mol. The second-order valence-electron chi connectivity index (χ2n) is 5.38. The third kappa shape index (κ3) is 3.83. The molecule has 124 valence electrons. The lowest BCUT2D eigenvalue weighted by Gasteiger charge is -2.17. The van der Waals surface area contributed by atoms with Crippen LogP contribution in [0.25, 0.3) is 6.08 Å². The number of nitrogens with one attached hydrogen (secondary N) is 1. The molecule has 0 bridgehead atoms. The summed E-state index contributed by atoms with van der Waals surface area (Å²) < 4.78 is 10.6. The largest absolute Gasteiger partial charge is 0.488 e. The number of benzene rings is 1. The van der Waals surface area contributed by atoms with Crippen LogP contribution in [-0.2, 0) is 14.3 Å². The van der Waals surface area contributed by atoms with E-state index in [0.717, 1.165) is 16.2 Å². The number of esters is 1. The zero-order valence-corrected chi connectivity index (χ0v) is 14.0. The smallest absolute Gasteiger partial charge is 0.338 e. The van der Waals surface area contributed by atoms with Crippen LogP contribution >= 0.6 is 11.3 Å². The molecule has 0 aliphatic carbocycles. The molecule has 1 aromatic carbocycles. The van der Waals surface area contributed by atoms with Gasteiger partial charge in [0, 0.05) is 10.4 Å². The Balaban J connectivity index is 1.52. The van der Waals surface area contributed by atoms with Gasteiger partial charge in [-0.05, 0) is 30.5 Å². The van der Waals surface area contributed by atoms with E-state index < -0.39 is 5.97 Å². The van der Waals surface area contributed by atoms with Crippen LogP contribution in [0.4, 0.5) is 0 Å². The Morgan fingerprint density at radius 1 is 1.29 bits per heavy atom. The number of rotatable bonds is 5. The number of amides is 1. The average Bonchev–Trinajstić information content (AvgIpc) is 3.14. The Kier molecular flexibility index (Phi) is 4.96. The predicted octanol–water partition coefficient (Wildman–Crippen LogP) is 2.94. The maximum atomic E-state index is 12.1. The molecule has 0 saturated carbocycles. The summed E-state index contributed by atoms with van der Waals surface area (Å²) in [5, 5.41) is 4.75. The van der Waals surface area contributed by atoms with Crippen molar-refractivity contribution in [1.29, 1.82) is 0 Å². The molecular formula is C18H17NO4S. The molecule has 0 saturated heterocycles. The molecule has 1 aliphatic heterocycles. The second-order valence-corrected chi connectivity index (χ2v) is 6.36. The Morgan fingerprint density at radius 2 is 2.12 bits per heavy atom. The van der Waals surface area contributed by atoms with Crippen molar-refractivity contribution in [2.75, 3.05) is 13.2 Å². The van der Waals surface area contributed by atoms with Crippen LogP contribution in [0.3, 0.4) is 0 Å². The molecule has 5 nitrogen and oxygen atoms in total. The first-order chi connectivity index (χ1) is 11.6. The maximum absolute atomic E-state index is 12.1. The third-order valence-corrected chi connectivity index (χ3v) is 4.63. The fourth-order valence-corrected chi connectivity index (χ4v) is 3.08. The Hall–Kier alpha value is -2.60. The van der Waals surface area contributed by atoms with Crippen LogP contribution < -0.4 is 10.1 Å². The van der Waals surface area contributed by atoms with Gasteiger partial charge in [0.25, 0.3) is 5.91 Å². The van der Waals surface area contributed by atoms with Gasteiger partial charge in [-0.1, -0.05) is 24.3 Å². The summed E-state index contributed by atoms with van der Waals surface area (Å²) >= 11 is 1.57. The van der Waals surface area contributed by atoms with Gasteiger partial charge >= 0.3 is 5.97 Å². The molecule has 2 aromatic rings. The number of carbonyl (C=O) groups excluding carboxylic acids is 2. The van der Waals surface area contributed by atoms with Crippen molar-refractivity contribution in [3.8, 4) is 5.75 Å². The topological polar surface area (TPSA) is 64.6 Å². The maximum Gasteiger partial charge on any atom is 0.338 e. The number of hydrogen-bond donors (Lipinski definition) is 1. The summed E-state index contributed by atoms with van der Waals surface area (Å²) in [6.45, 7) is 1.72. The van der Waals surface area contributed by atoms with Crippen LogP contribution in [-0.4, -0.2) is 25.1 Å². The molecule has 3 rings (SSSR count). The van der Waals surface area contributed by atoms with E-state index in [2.05, 4.69) is 5.32 Å². The standard InChI is InChI=1S/C18H17NO4S/c1-12(16-7-4-8-24-16)19-17(20)11-23-18(21)14-9-13-5-2-3-6-15(13)22-10-14/h2-9,12H,10-11H2,1H3,(H,19,20)/t12-/m1/s1. The molecular weight excluding hydrogens is 326 g/mol. The molecule has 0 fully saturated rings. The normalized spacial score (nSPS) is 14.0. The number of ether oxygens (including phenoxy) is 2. The van der Waals surface area contributed by atoms with Gasteiger partial charge in [0.05, 0.1) is 11.6 Å². The molecule has 0 radical (unpaired) electrons. The highest BCUT2D eigenvalue weighted by atomic mass is 32.1.